The summed E-state index contributed by atoms with van der Waals surface area (Å²) in [6.07, 6.45) is 1.80. The summed E-state index contributed by atoms with van der Waals surface area (Å²) in [4.78, 5) is 20.7. The minimum absolute atomic E-state index is 0.263. The monoisotopic (exact) mass is 424 g/mol. The van der Waals surface area contributed by atoms with E-state index in [1.165, 1.54) is 35.5 Å². The van der Waals surface area contributed by atoms with E-state index in [0.717, 1.165) is 24.3 Å². The molecule has 0 bridgehead atoms. The number of aromatic nitrogens is 4. The van der Waals surface area contributed by atoms with Gasteiger partial charge in [-0.25, -0.2) is 18.9 Å². The number of hydrogen-bond donors (Lipinski definition) is 1. The molecule has 0 atom stereocenters. The first kappa shape index (κ1) is 20.2. The van der Waals surface area contributed by atoms with Gasteiger partial charge in [0.05, 0.1) is 6.61 Å². The molecule has 0 aliphatic heterocycles. The fourth-order valence-corrected chi connectivity index (χ4v) is 3.84. The van der Waals surface area contributed by atoms with Crippen molar-refractivity contribution < 1.29 is 9.13 Å². The van der Waals surface area contributed by atoms with E-state index in [4.69, 9.17) is 4.74 Å². The van der Waals surface area contributed by atoms with Crippen molar-refractivity contribution in [3.05, 3.63) is 76.3 Å². The molecule has 0 radical (unpaired) electrons. The number of nitrogens with one attached hydrogen (secondary N) is 1. The molecule has 0 saturated carbocycles. The Morgan fingerprint density at radius 3 is 2.73 bits per heavy atom. The maximum Gasteiger partial charge on any atom is 0.266 e. The number of fused-ring (bicyclic) bond motifs is 1. The standard InChI is InChI=1S/C22H21FN4O2S/c1-2-15-7-9-18(10-8-15)29-11-4-12-30-22-25-21(16-5-3-6-17(23)13-16)24-19-14-20(28)26-27(19)22/h3,5-10,13-14H,2,4,11-12H2,1H3,(H,26,28). The van der Waals surface area contributed by atoms with Gasteiger partial charge in [-0.1, -0.05) is 43.0 Å². The van der Waals surface area contributed by atoms with Crippen LogP contribution < -0.4 is 10.3 Å². The van der Waals surface area contributed by atoms with E-state index in [0.29, 0.717) is 28.8 Å². The molecule has 6 nitrogen and oxygen atoms in total. The summed E-state index contributed by atoms with van der Waals surface area (Å²) < 4.78 is 20.9. The number of thioether (sulfide) groups is 1. The number of aromatic amines is 1. The third-order valence-electron chi connectivity index (χ3n) is 4.53. The van der Waals surface area contributed by atoms with Crippen LogP contribution in [0.1, 0.15) is 18.9 Å². The van der Waals surface area contributed by atoms with Crippen LogP contribution in [0.3, 0.4) is 0 Å². The van der Waals surface area contributed by atoms with Crippen LogP contribution in [-0.2, 0) is 6.42 Å². The number of halogens is 1. The van der Waals surface area contributed by atoms with Gasteiger partial charge in [0, 0.05) is 17.4 Å². The predicted molar refractivity (Wildman–Crippen MR) is 116 cm³/mol. The molecule has 0 fully saturated rings. The van der Waals surface area contributed by atoms with Gasteiger partial charge in [0.1, 0.15) is 11.6 Å². The molecule has 8 heteroatoms. The second-order valence-corrected chi connectivity index (χ2v) is 7.76. The molecule has 0 unspecified atom stereocenters. The average molecular weight is 425 g/mol. The molecule has 0 aliphatic carbocycles. The van der Waals surface area contributed by atoms with Crippen LogP contribution in [0.25, 0.3) is 17.0 Å². The second kappa shape index (κ2) is 9.13. The van der Waals surface area contributed by atoms with Crippen molar-refractivity contribution in [1.29, 1.82) is 0 Å². The average Bonchev–Trinajstić information content (AvgIpc) is 3.14. The van der Waals surface area contributed by atoms with Gasteiger partial charge in [-0.3, -0.25) is 9.89 Å². The normalized spacial score (nSPS) is 11.1. The summed E-state index contributed by atoms with van der Waals surface area (Å²) in [5.74, 6) is 1.61. The van der Waals surface area contributed by atoms with E-state index in [1.54, 1.807) is 16.6 Å². The van der Waals surface area contributed by atoms with Gasteiger partial charge in [-0.15, -0.1) is 0 Å². The molecule has 4 rings (SSSR count). The van der Waals surface area contributed by atoms with Crippen LogP contribution in [0.5, 0.6) is 5.75 Å². The van der Waals surface area contributed by atoms with Crippen molar-refractivity contribution in [2.75, 3.05) is 12.4 Å². The van der Waals surface area contributed by atoms with Crippen LogP contribution in [0, 0.1) is 5.82 Å². The van der Waals surface area contributed by atoms with Crippen molar-refractivity contribution in [3.63, 3.8) is 0 Å². The van der Waals surface area contributed by atoms with E-state index in [-0.39, 0.29) is 11.4 Å². The lowest BCUT2D eigenvalue weighted by Gasteiger charge is -2.09. The SMILES string of the molecule is CCc1ccc(OCCCSc2nc(-c3cccc(F)c3)nc3cc(=O)[nH]n23)cc1. The molecule has 0 amide bonds. The van der Waals surface area contributed by atoms with Gasteiger partial charge >= 0.3 is 0 Å². The highest BCUT2D eigenvalue weighted by Gasteiger charge is 2.12. The summed E-state index contributed by atoms with van der Waals surface area (Å²) in [5.41, 5.74) is 2.03. The van der Waals surface area contributed by atoms with Crippen molar-refractivity contribution in [2.24, 2.45) is 0 Å². The molecule has 2 aromatic heterocycles. The van der Waals surface area contributed by atoms with E-state index < -0.39 is 0 Å². The quantitative estimate of drug-likeness (QED) is 0.336. The molecule has 154 valence electrons. The number of aryl methyl sites for hydroxylation is 1. The number of ether oxygens (including phenoxy) is 1. The Morgan fingerprint density at radius 1 is 1.13 bits per heavy atom. The van der Waals surface area contributed by atoms with Gasteiger partial charge in [0.25, 0.3) is 5.56 Å². The third kappa shape index (κ3) is 4.71. The second-order valence-electron chi connectivity index (χ2n) is 6.70. The number of benzene rings is 2. The Labute approximate surface area is 177 Å². The molecule has 0 saturated heterocycles. The molecule has 30 heavy (non-hydrogen) atoms. The number of hydrogen-bond acceptors (Lipinski definition) is 5. The highest BCUT2D eigenvalue weighted by Crippen LogP contribution is 2.22. The first-order chi connectivity index (χ1) is 14.6. The minimum Gasteiger partial charge on any atom is -0.494 e. The Balaban J connectivity index is 1.44. The van der Waals surface area contributed by atoms with Crippen LogP contribution >= 0.6 is 11.8 Å². The van der Waals surface area contributed by atoms with E-state index >= 15 is 0 Å². The molecule has 4 aromatic rings. The summed E-state index contributed by atoms with van der Waals surface area (Å²) in [5, 5.41) is 3.30. The largest absolute Gasteiger partial charge is 0.494 e. The third-order valence-corrected chi connectivity index (χ3v) is 5.55. The fraction of sp³-hybridized carbons (Fsp3) is 0.227. The van der Waals surface area contributed by atoms with Crippen LogP contribution in [0.2, 0.25) is 0 Å². The fourth-order valence-electron chi connectivity index (χ4n) is 2.97. The van der Waals surface area contributed by atoms with Crippen LogP contribution in [0.4, 0.5) is 4.39 Å². The van der Waals surface area contributed by atoms with Crippen molar-refractivity contribution in [1.82, 2.24) is 19.6 Å². The zero-order valence-electron chi connectivity index (χ0n) is 16.5. The van der Waals surface area contributed by atoms with Gasteiger partial charge in [0.15, 0.2) is 16.6 Å². The lowest BCUT2D eigenvalue weighted by atomic mass is 10.2. The molecule has 2 heterocycles. The van der Waals surface area contributed by atoms with E-state index in [2.05, 4.69) is 34.1 Å². The maximum absolute atomic E-state index is 13.6. The Kier molecular flexibility index (Phi) is 6.13. The number of rotatable bonds is 8. The minimum atomic E-state index is -0.360. The Hall–Kier alpha value is -3.13. The summed E-state index contributed by atoms with van der Waals surface area (Å²) in [7, 11) is 0. The summed E-state index contributed by atoms with van der Waals surface area (Å²) in [6, 6.07) is 15.6. The zero-order chi connectivity index (χ0) is 20.9. The summed E-state index contributed by atoms with van der Waals surface area (Å²) in [6.45, 7) is 2.69. The highest BCUT2D eigenvalue weighted by molar-refractivity contribution is 7.99. The predicted octanol–water partition coefficient (Wildman–Crippen LogP) is 4.35. The van der Waals surface area contributed by atoms with Crippen molar-refractivity contribution in [2.45, 2.75) is 24.9 Å². The molecule has 0 aliphatic rings. The Bertz CT molecular complexity index is 1200. The molecule has 2 aromatic carbocycles. The lowest BCUT2D eigenvalue weighted by Crippen LogP contribution is -2.05. The first-order valence-corrected chi connectivity index (χ1v) is 10.7. The molecule has 1 N–H and O–H groups in total. The summed E-state index contributed by atoms with van der Waals surface area (Å²) >= 11 is 1.49. The smallest absolute Gasteiger partial charge is 0.266 e. The van der Waals surface area contributed by atoms with E-state index in [9.17, 15) is 9.18 Å². The van der Waals surface area contributed by atoms with Gasteiger partial charge in [-0.2, -0.15) is 0 Å². The van der Waals surface area contributed by atoms with E-state index in [1.807, 2.05) is 12.1 Å². The number of nitrogens with zero attached hydrogens (tertiary/aromatic N) is 3. The lowest BCUT2D eigenvalue weighted by molar-refractivity contribution is 0.318. The maximum atomic E-state index is 13.6. The zero-order valence-corrected chi connectivity index (χ0v) is 17.3. The van der Waals surface area contributed by atoms with Crippen molar-refractivity contribution >= 4 is 17.4 Å². The van der Waals surface area contributed by atoms with Crippen LogP contribution in [0.15, 0.2) is 64.5 Å². The van der Waals surface area contributed by atoms with Gasteiger partial charge in [-0.05, 0) is 42.7 Å². The first-order valence-electron chi connectivity index (χ1n) is 9.72. The van der Waals surface area contributed by atoms with Gasteiger partial charge in [0.2, 0.25) is 0 Å². The Morgan fingerprint density at radius 2 is 1.97 bits per heavy atom. The molecular weight excluding hydrogens is 403 g/mol. The molecular formula is C22H21FN4O2S. The number of H-pyrrole nitrogens is 1. The topological polar surface area (TPSA) is 72.3 Å². The molecule has 0 spiro atoms. The van der Waals surface area contributed by atoms with Gasteiger partial charge < -0.3 is 4.74 Å². The highest BCUT2D eigenvalue weighted by atomic mass is 32.2. The van der Waals surface area contributed by atoms with Crippen molar-refractivity contribution in [3.8, 4) is 17.1 Å². The van der Waals surface area contributed by atoms with Crippen LogP contribution in [-0.4, -0.2) is 31.9 Å².